The molecule has 9 nitrogen and oxygen atoms in total. The number of aliphatic hydroxyl groups is 2. The van der Waals surface area contributed by atoms with Crippen LogP contribution in [-0.2, 0) is 9.47 Å². The van der Waals surface area contributed by atoms with Gasteiger partial charge < -0.3 is 25.4 Å². The van der Waals surface area contributed by atoms with E-state index in [1.165, 1.54) is 0 Å². The zero-order valence-corrected chi connectivity index (χ0v) is 11.7. The minimum Gasteiger partial charge on any atom is -0.393 e. The highest BCUT2D eigenvalue weighted by Gasteiger charge is 2.44. The zero-order chi connectivity index (χ0) is 15.7. The Bertz CT molecular complexity index is 610. The lowest BCUT2D eigenvalue weighted by atomic mass is 10.1. The van der Waals surface area contributed by atoms with Crippen LogP contribution in [0.1, 0.15) is 20.1 Å². The molecule has 21 heavy (non-hydrogen) atoms. The van der Waals surface area contributed by atoms with E-state index < -0.39 is 35.8 Å². The number of aromatic amines is 1. The SMILES string of the molecule is CC(C)OC[C@H]1O[C@@H](n2cc(N)c(=O)[nH]c2=O)[C@H](O)[C@@H]1O. The first-order valence-corrected chi connectivity index (χ1v) is 6.55. The van der Waals surface area contributed by atoms with E-state index >= 15 is 0 Å². The van der Waals surface area contributed by atoms with E-state index in [9.17, 15) is 19.8 Å². The lowest BCUT2D eigenvalue weighted by Crippen LogP contribution is -2.38. The van der Waals surface area contributed by atoms with Crippen LogP contribution < -0.4 is 17.0 Å². The van der Waals surface area contributed by atoms with Crippen LogP contribution in [0.3, 0.4) is 0 Å². The van der Waals surface area contributed by atoms with Crippen molar-refractivity contribution in [3.63, 3.8) is 0 Å². The van der Waals surface area contributed by atoms with Crippen LogP contribution >= 0.6 is 0 Å². The second-order valence-electron chi connectivity index (χ2n) is 5.18. The molecule has 0 amide bonds. The fraction of sp³-hybridized carbons (Fsp3) is 0.667. The fourth-order valence-electron chi connectivity index (χ4n) is 2.07. The van der Waals surface area contributed by atoms with E-state index in [4.69, 9.17) is 15.2 Å². The highest BCUT2D eigenvalue weighted by molar-refractivity contribution is 5.30. The van der Waals surface area contributed by atoms with Gasteiger partial charge in [0, 0.05) is 6.20 Å². The third-order valence-corrected chi connectivity index (χ3v) is 3.20. The number of aromatic nitrogens is 2. The number of anilines is 1. The largest absolute Gasteiger partial charge is 0.393 e. The number of ether oxygens (including phenoxy) is 2. The first kappa shape index (κ1) is 15.7. The van der Waals surface area contributed by atoms with Crippen molar-refractivity contribution in [3.8, 4) is 0 Å². The van der Waals surface area contributed by atoms with Gasteiger partial charge in [-0.05, 0) is 13.8 Å². The Hall–Kier alpha value is -1.68. The molecule has 1 aromatic rings. The molecule has 2 heterocycles. The molecule has 5 N–H and O–H groups in total. The first-order chi connectivity index (χ1) is 9.81. The fourth-order valence-corrected chi connectivity index (χ4v) is 2.07. The third-order valence-electron chi connectivity index (χ3n) is 3.20. The number of nitrogens with one attached hydrogen (secondary N) is 1. The molecule has 0 saturated carbocycles. The Morgan fingerprint density at radius 3 is 2.71 bits per heavy atom. The molecule has 1 aromatic heterocycles. The number of H-pyrrole nitrogens is 1. The number of nitrogens with two attached hydrogens (primary N) is 1. The summed E-state index contributed by atoms with van der Waals surface area (Å²) in [6.07, 6.45) is -3.47. The summed E-state index contributed by atoms with van der Waals surface area (Å²) < 4.78 is 11.7. The van der Waals surface area contributed by atoms with Gasteiger partial charge in [-0.25, -0.2) is 4.79 Å². The van der Waals surface area contributed by atoms with Gasteiger partial charge in [-0.15, -0.1) is 0 Å². The molecule has 1 saturated heterocycles. The molecule has 0 spiro atoms. The topological polar surface area (TPSA) is 140 Å². The van der Waals surface area contributed by atoms with Gasteiger partial charge in [0.25, 0.3) is 5.56 Å². The molecule has 0 radical (unpaired) electrons. The summed E-state index contributed by atoms with van der Waals surface area (Å²) >= 11 is 0. The Kier molecular flexibility index (Phi) is 4.47. The zero-order valence-electron chi connectivity index (χ0n) is 11.7. The van der Waals surface area contributed by atoms with Gasteiger partial charge in [-0.1, -0.05) is 0 Å². The summed E-state index contributed by atoms with van der Waals surface area (Å²) in [6.45, 7) is 3.71. The van der Waals surface area contributed by atoms with Gasteiger partial charge in [0.2, 0.25) is 0 Å². The van der Waals surface area contributed by atoms with Crippen LogP contribution in [0.4, 0.5) is 5.69 Å². The normalized spacial score (nSPS) is 29.2. The average molecular weight is 301 g/mol. The smallest absolute Gasteiger partial charge is 0.330 e. The Morgan fingerprint density at radius 2 is 2.10 bits per heavy atom. The van der Waals surface area contributed by atoms with E-state index in [1.54, 1.807) is 0 Å². The number of nitrogen functional groups attached to an aromatic ring is 1. The summed E-state index contributed by atoms with van der Waals surface area (Å²) in [5.41, 5.74) is 3.75. The third kappa shape index (κ3) is 3.16. The van der Waals surface area contributed by atoms with Gasteiger partial charge in [-0.2, -0.15) is 0 Å². The van der Waals surface area contributed by atoms with Crippen molar-refractivity contribution in [2.75, 3.05) is 12.3 Å². The van der Waals surface area contributed by atoms with Gasteiger partial charge in [0.1, 0.15) is 24.0 Å². The van der Waals surface area contributed by atoms with Gasteiger partial charge in [-0.3, -0.25) is 14.3 Å². The highest BCUT2D eigenvalue weighted by Crippen LogP contribution is 2.28. The summed E-state index contributed by atoms with van der Waals surface area (Å²) in [5.74, 6) is 0. The summed E-state index contributed by atoms with van der Waals surface area (Å²) in [7, 11) is 0. The Labute approximate surface area is 119 Å². The molecule has 118 valence electrons. The van der Waals surface area contributed by atoms with Crippen molar-refractivity contribution in [3.05, 3.63) is 27.0 Å². The first-order valence-electron chi connectivity index (χ1n) is 6.55. The molecule has 0 bridgehead atoms. The van der Waals surface area contributed by atoms with Crippen molar-refractivity contribution >= 4 is 5.69 Å². The maximum Gasteiger partial charge on any atom is 0.330 e. The molecule has 1 fully saturated rings. The minimum atomic E-state index is -1.34. The number of hydrogen-bond acceptors (Lipinski definition) is 7. The van der Waals surface area contributed by atoms with Crippen LogP contribution in [0.15, 0.2) is 15.8 Å². The predicted molar refractivity (Wildman–Crippen MR) is 72.7 cm³/mol. The van der Waals surface area contributed by atoms with E-state index in [0.717, 1.165) is 10.8 Å². The summed E-state index contributed by atoms with van der Waals surface area (Å²) in [6, 6.07) is 0. The van der Waals surface area contributed by atoms with Crippen LogP contribution in [0.5, 0.6) is 0 Å². The molecule has 1 aliphatic rings. The van der Waals surface area contributed by atoms with E-state index in [1.807, 2.05) is 18.8 Å². The average Bonchev–Trinajstić information content (AvgIpc) is 2.68. The molecule has 0 aliphatic carbocycles. The quantitative estimate of drug-likeness (QED) is 0.512. The van der Waals surface area contributed by atoms with Crippen LogP contribution in [0, 0.1) is 0 Å². The van der Waals surface area contributed by atoms with Crippen molar-refractivity contribution in [1.29, 1.82) is 0 Å². The molecule has 0 aromatic carbocycles. The van der Waals surface area contributed by atoms with Gasteiger partial charge in [0.15, 0.2) is 6.23 Å². The molecule has 1 aliphatic heterocycles. The Morgan fingerprint density at radius 1 is 1.43 bits per heavy atom. The van der Waals surface area contributed by atoms with Crippen LogP contribution in [0.25, 0.3) is 0 Å². The van der Waals surface area contributed by atoms with Crippen molar-refractivity contribution in [2.45, 2.75) is 44.5 Å². The highest BCUT2D eigenvalue weighted by atomic mass is 16.6. The summed E-state index contributed by atoms with van der Waals surface area (Å²) in [4.78, 5) is 25.0. The van der Waals surface area contributed by atoms with Gasteiger partial charge in [0.05, 0.1) is 12.7 Å². The van der Waals surface area contributed by atoms with Crippen LogP contribution in [-0.4, -0.2) is 50.8 Å². The molecule has 0 unspecified atom stereocenters. The number of aliphatic hydroxyl groups excluding tert-OH is 2. The maximum absolute atomic E-state index is 11.8. The van der Waals surface area contributed by atoms with Gasteiger partial charge >= 0.3 is 5.69 Å². The van der Waals surface area contributed by atoms with E-state index in [2.05, 4.69) is 0 Å². The lowest BCUT2D eigenvalue weighted by Gasteiger charge is -2.17. The van der Waals surface area contributed by atoms with E-state index in [0.29, 0.717) is 0 Å². The Balaban J connectivity index is 2.23. The monoisotopic (exact) mass is 301 g/mol. The standard InChI is InChI=1S/C12H19N3O6/c1-5(2)20-4-7-8(16)9(17)11(21-7)15-3-6(13)10(18)14-12(15)19/h3,5,7-9,11,16-17H,4,13H2,1-2H3,(H,14,18,19)/t7-,8-,9-,11-/m1/s1. The van der Waals surface area contributed by atoms with Crippen LogP contribution in [0.2, 0.25) is 0 Å². The molecular formula is C12H19N3O6. The summed E-state index contributed by atoms with van der Waals surface area (Å²) in [5, 5.41) is 20.0. The lowest BCUT2D eigenvalue weighted by molar-refractivity contribution is -0.0778. The maximum atomic E-state index is 11.8. The van der Waals surface area contributed by atoms with Crippen molar-refractivity contribution in [2.24, 2.45) is 0 Å². The number of hydrogen-bond donors (Lipinski definition) is 4. The molecule has 4 atom stereocenters. The second kappa shape index (κ2) is 5.98. The van der Waals surface area contributed by atoms with Crippen molar-refractivity contribution in [1.82, 2.24) is 9.55 Å². The molecule has 9 heteroatoms. The molecule has 2 rings (SSSR count). The number of rotatable bonds is 4. The second-order valence-corrected chi connectivity index (χ2v) is 5.18. The molecular weight excluding hydrogens is 282 g/mol. The van der Waals surface area contributed by atoms with E-state index in [-0.39, 0.29) is 18.4 Å². The van der Waals surface area contributed by atoms with Crippen molar-refractivity contribution < 1.29 is 19.7 Å². The number of nitrogens with zero attached hydrogens (tertiary/aromatic N) is 1. The minimum absolute atomic E-state index is 0.0663. The predicted octanol–water partition coefficient (Wildman–Crippen LogP) is -1.84.